The first-order valence-corrected chi connectivity index (χ1v) is 6.46. The average molecular weight is 223 g/mol. The summed E-state index contributed by atoms with van der Waals surface area (Å²) in [6, 6.07) is 7.50. The predicted molar refractivity (Wildman–Crippen MR) is 64.4 cm³/mol. The highest BCUT2D eigenvalue weighted by Gasteiger charge is 2.12. The molecule has 1 aliphatic rings. The summed E-state index contributed by atoms with van der Waals surface area (Å²) < 4.78 is 0. The number of rotatable bonds is 3. The van der Waals surface area contributed by atoms with E-state index in [0.717, 1.165) is 18.2 Å². The molecule has 0 amide bonds. The molecule has 82 valence electrons. The van der Waals surface area contributed by atoms with Gasteiger partial charge in [0.2, 0.25) is 0 Å². The molecule has 3 heteroatoms. The van der Waals surface area contributed by atoms with Gasteiger partial charge in [0.1, 0.15) is 5.75 Å². The zero-order valence-electron chi connectivity index (χ0n) is 8.78. The van der Waals surface area contributed by atoms with Crippen molar-refractivity contribution in [1.29, 1.82) is 0 Å². The number of hydrogen-bond acceptors (Lipinski definition) is 3. The maximum atomic E-state index is 9.32. The average Bonchev–Trinajstić information content (AvgIpc) is 2.28. The Hall–Kier alpha value is -0.670. The zero-order chi connectivity index (χ0) is 10.5. The minimum atomic E-state index is 0.363. The summed E-state index contributed by atoms with van der Waals surface area (Å²) in [6.45, 7) is 2.32. The third-order valence-corrected chi connectivity index (χ3v) is 3.93. The van der Waals surface area contributed by atoms with Crippen LogP contribution in [0.2, 0.25) is 0 Å². The normalized spacial score (nSPS) is 21.5. The molecular formula is C12H17NOS. The maximum absolute atomic E-state index is 9.32. The number of aromatic hydroxyl groups is 1. The van der Waals surface area contributed by atoms with Gasteiger partial charge in [-0.15, -0.1) is 11.8 Å². The summed E-state index contributed by atoms with van der Waals surface area (Å²) in [4.78, 5) is 1.17. The smallest absolute Gasteiger partial charge is 0.116 e. The lowest BCUT2D eigenvalue weighted by molar-refractivity contribution is 0.410. The van der Waals surface area contributed by atoms with Crippen molar-refractivity contribution in [2.45, 2.75) is 17.7 Å². The lowest BCUT2D eigenvalue weighted by Gasteiger charge is -2.22. The van der Waals surface area contributed by atoms with Crippen molar-refractivity contribution in [1.82, 2.24) is 5.32 Å². The second kappa shape index (κ2) is 5.42. The van der Waals surface area contributed by atoms with Gasteiger partial charge in [0, 0.05) is 10.6 Å². The summed E-state index contributed by atoms with van der Waals surface area (Å²) >= 11 is 1.84. The molecule has 1 aromatic carbocycles. The maximum Gasteiger partial charge on any atom is 0.116 e. The highest BCUT2D eigenvalue weighted by Crippen LogP contribution is 2.25. The third kappa shape index (κ3) is 3.43. The number of phenols is 1. The number of nitrogens with one attached hydrogen (secondary N) is 1. The van der Waals surface area contributed by atoms with Crippen molar-refractivity contribution in [2.75, 3.05) is 18.8 Å². The summed E-state index contributed by atoms with van der Waals surface area (Å²) in [5.74, 6) is 2.30. The highest BCUT2D eigenvalue weighted by molar-refractivity contribution is 7.99. The number of piperidine rings is 1. The van der Waals surface area contributed by atoms with Gasteiger partial charge in [-0.3, -0.25) is 0 Å². The van der Waals surface area contributed by atoms with E-state index in [2.05, 4.69) is 11.4 Å². The predicted octanol–water partition coefficient (Wildman–Crippen LogP) is 2.48. The molecule has 0 aromatic heterocycles. The molecule has 0 radical (unpaired) electrons. The topological polar surface area (TPSA) is 32.3 Å². The Morgan fingerprint density at radius 2 is 2.40 bits per heavy atom. The van der Waals surface area contributed by atoms with E-state index in [4.69, 9.17) is 0 Å². The Bertz CT molecular complexity index is 310. The molecule has 2 N–H and O–H groups in total. The second-order valence-electron chi connectivity index (χ2n) is 4.02. The molecule has 1 saturated heterocycles. The van der Waals surface area contributed by atoms with E-state index >= 15 is 0 Å². The standard InChI is InChI=1S/C12H17NOS/c14-11-4-1-5-12(7-11)15-9-10-3-2-6-13-8-10/h1,4-5,7,10,13-14H,2-3,6,8-9H2. The molecule has 0 saturated carbocycles. The molecular weight excluding hydrogens is 206 g/mol. The van der Waals surface area contributed by atoms with Crippen LogP contribution in [0.4, 0.5) is 0 Å². The van der Waals surface area contributed by atoms with Crippen LogP contribution in [0.5, 0.6) is 5.75 Å². The van der Waals surface area contributed by atoms with Gasteiger partial charge < -0.3 is 10.4 Å². The van der Waals surface area contributed by atoms with Crippen LogP contribution in [-0.4, -0.2) is 23.9 Å². The van der Waals surface area contributed by atoms with Gasteiger partial charge in [-0.1, -0.05) is 6.07 Å². The van der Waals surface area contributed by atoms with Crippen LogP contribution in [-0.2, 0) is 0 Å². The van der Waals surface area contributed by atoms with Crippen molar-refractivity contribution in [3.63, 3.8) is 0 Å². The van der Waals surface area contributed by atoms with E-state index in [-0.39, 0.29) is 0 Å². The van der Waals surface area contributed by atoms with Gasteiger partial charge in [-0.25, -0.2) is 0 Å². The molecule has 0 aliphatic carbocycles. The second-order valence-corrected chi connectivity index (χ2v) is 5.11. The van der Waals surface area contributed by atoms with E-state index in [0.29, 0.717) is 5.75 Å². The van der Waals surface area contributed by atoms with Gasteiger partial charge in [-0.05, 0) is 50.0 Å². The summed E-state index contributed by atoms with van der Waals surface area (Å²) in [7, 11) is 0. The lowest BCUT2D eigenvalue weighted by atomic mass is 10.0. The van der Waals surface area contributed by atoms with Gasteiger partial charge in [0.05, 0.1) is 0 Å². The molecule has 0 bridgehead atoms. The Balaban J connectivity index is 1.81. The fourth-order valence-corrected chi connectivity index (χ4v) is 2.95. The summed E-state index contributed by atoms with van der Waals surface area (Å²) in [5.41, 5.74) is 0. The molecule has 1 fully saturated rings. The highest BCUT2D eigenvalue weighted by atomic mass is 32.2. The molecule has 1 atom stereocenters. The van der Waals surface area contributed by atoms with Crippen LogP contribution in [0.25, 0.3) is 0 Å². The van der Waals surface area contributed by atoms with Crippen molar-refractivity contribution in [2.24, 2.45) is 5.92 Å². The van der Waals surface area contributed by atoms with Gasteiger partial charge in [0.15, 0.2) is 0 Å². The van der Waals surface area contributed by atoms with E-state index < -0.39 is 0 Å². The molecule has 1 aromatic rings. The van der Waals surface area contributed by atoms with Crippen LogP contribution in [0.1, 0.15) is 12.8 Å². The molecule has 1 unspecified atom stereocenters. The minimum absolute atomic E-state index is 0.363. The quantitative estimate of drug-likeness (QED) is 0.772. The van der Waals surface area contributed by atoms with E-state index in [9.17, 15) is 5.11 Å². The summed E-state index contributed by atoms with van der Waals surface area (Å²) in [5, 5.41) is 12.7. The molecule has 2 rings (SSSR count). The van der Waals surface area contributed by atoms with Crippen LogP contribution >= 0.6 is 11.8 Å². The first kappa shape index (κ1) is 10.8. The Morgan fingerprint density at radius 1 is 1.47 bits per heavy atom. The first-order valence-electron chi connectivity index (χ1n) is 5.47. The zero-order valence-corrected chi connectivity index (χ0v) is 9.59. The van der Waals surface area contributed by atoms with Gasteiger partial charge >= 0.3 is 0 Å². The van der Waals surface area contributed by atoms with Crippen molar-refractivity contribution in [3.05, 3.63) is 24.3 Å². The number of benzene rings is 1. The molecule has 1 aliphatic heterocycles. The number of phenolic OH excluding ortho intramolecular Hbond substituents is 1. The number of thioether (sulfide) groups is 1. The van der Waals surface area contributed by atoms with Gasteiger partial charge in [0.25, 0.3) is 0 Å². The fourth-order valence-electron chi connectivity index (χ4n) is 1.85. The van der Waals surface area contributed by atoms with Crippen molar-refractivity contribution in [3.8, 4) is 5.75 Å². The third-order valence-electron chi connectivity index (χ3n) is 2.70. The Kier molecular flexibility index (Phi) is 3.92. The number of hydrogen-bond donors (Lipinski definition) is 2. The SMILES string of the molecule is Oc1cccc(SCC2CCCNC2)c1. The fraction of sp³-hybridized carbons (Fsp3) is 0.500. The van der Waals surface area contributed by atoms with Gasteiger partial charge in [-0.2, -0.15) is 0 Å². The van der Waals surface area contributed by atoms with Crippen LogP contribution in [0.15, 0.2) is 29.2 Å². The molecule has 0 spiro atoms. The minimum Gasteiger partial charge on any atom is -0.508 e. The lowest BCUT2D eigenvalue weighted by Crippen LogP contribution is -2.30. The van der Waals surface area contributed by atoms with E-state index in [1.165, 1.54) is 24.3 Å². The van der Waals surface area contributed by atoms with Crippen LogP contribution in [0.3, 0.4) is 0 Å². The van der Waals surface area contributed by atoms with Crippen LogP contribution < -0.4 is 5.32 Å². The monoisotopic (exact) mass is 223 g/mol. The van der Waals surface area contributed by atoms with Crippen molar-refractivity contribution < 1.29 is 5.11 Å². The molecule has 1 heterocycles. The Labute approximate surface area is 95.1 Å². The first-order chi connectivity index (χ1) is 7.34. The Morgan fingerprint density at radius 3 is 3.13 bits per heavy atom. The molecule has 15 heavy (non-hydrogen) atoms. The summed E-state index contributed by atoms with van der Waals surface area (Å²) in [6.07, 6.45) is 2.63. The largest absolute Gasteiger partial charge is 0.508 e. The molecule has 2 nitrogen and oxygen atoms in total. The van der Waals surface area contributed by atoms with Crippen molar-refractivity contribution >= 4 is 11.8 Å². The van der Waals surface area contributed by atoms with E-state index in [1.807, 2.05) is 23.9 Å². The van der Waals surface area contributed by atoms with E-state index in [1.54, 1.807) is 6.07 Å². The van der Waals surface area contributed by atoms with Crippen LogP contribution in [0, 0.1) is 5.92 Å².